The maximum absolute atomic E-state index is 12.7. The van der Waals surface area contributed by atoms with Crippen molar-refractivity contribution in [1.82, 2.24) is 19.7 Å². The van der Waals surface area contributed by atoms with Crippen LogP contribution in [-0.4, -0.2) is 25.8 Å². The lowest BCUT2D eigenvalue weighted by atomic mass is 10.0. The fraction of sp³-hybridized carbons (Fsp3) is 0.346. The number of nitrogens with zero attached hydrogens (tertiary/aromatic N) is 3. The van der Waals surface area contributed by atoms with E-state index in [0.29, 0.717) is 35.7 Å². The first-order valence-electron chi connectivity index (χ1n) is 11.6. The number of pyridine rings is 2. The van der Waals surface area contributed by atoms with Crippen LogP contribution in [0.5, 0.6) is 11.5 Å². The van der Waals surface area contributed by atoms with Gasteiger partial charge in [-0.3, -0.25) is 9.89 Å². The van der Waals surface area contributed by atoms with E-state index in [9.17, 15) is 4.79 Å². The van der Waals surface area contributed by atoms with Crippen molar-refractivity contribution in [3.63, 3.8) is 0 Å². The molecule has 0 aliphatic heterocycles. The van der Waals surface area contributed by atoms with Gasteiger partial charge in [0.2, 0.25) is 0 Å². The highest BCUT2D eigenvalue weighted by Gasteiger charge is 2.17. The molecule has 7 heteroatoms. The van der Waals surface area contributed by atoms with Crippen molar-refractivity contribution >= 4 is 16.9 Å². The first kappa shape index (κ1) is 22.6. The molecule has 0 spiro atoms. The molecular weight excluding hydrogens is 414 g/mol. The Morgan fingerprint density at radius 1 is 1.12 bits per heavy atom. The summed E-state index contributed by atoms with van der Waals surface area (Å²) >= 11 is 0. The highest BCUT2D eigenvalue weighted by molar-refractivity contribution is 5.93. The summed E-state index contributed by atoms with van der Waals surface area (Å²) in [5.41, 5.74) is 1.60. The minimum absolute atomic E-state index is 0.119. The second-order valence-corrected chi connectivity index (χ2v) is 8.74. The topological polar surface area (TPSA) is 84.8 Å². The van der Waals surface area contributed by atoms with E-state index >= 15 is 0 Å². The van der Waals surface area contributed by atoms with E-state index in [1.807, 2.05) is 30.3 Å². The zero-order valence-corrected chi connectivity index (χ0v) is 19.4. The Morgan fingerprint density at radius 3 is 2.67 bits per heavy atom. The van der Waals surface area contributed by atoms with Crippen molar-refractivity contribution < 1.29 is 4.74 Å². The van der Waals surface area contributed by atoms with Crippen LogP contribution in [0.1, 0.15) is 45.6 Å². The van der Waals surface area contributed by atoms with Gasteiger partial charge >= 0.3 is 0 Å². The van der Waals surface area contributed by atoms with Gasteiger partial charge in [0, 0.05) is 30.6 Å². The first-order chi connectivity index (χ1) is 16.0. The lowest BCUT2D eigenvalue weighted by Gasteiger charge is -2.18. The van der Waals surface area contributed by atoms with Gasteiger partial charge in [-0.2, -0.15) is 5.10 Å². The number of rotatable bonds is 10. The van der Waals surface area contributed by atoms with Gasteiger partial charge in [0.1, 0.15) is 16.9 Å². The largest absolute Gasteiger partial charge is 0.456 e. The molecule has 4 aromatic rings. The highest BCUT2D eigenvalue weighted by Crippen LogP contribution is 2.33. The van der Waals surface area contributed by atoms with E-state index in [1.165, 1.54) is 6.07 Å². The predicted molar refractivity (Wildman–Crippen MR) is 132 cm³/mol. The van der Waals surface area contributed by atoms with Crippen LogP contribution >= 0.6 is 0 Å². The Kier molecular flexibility index (Phi) is 7.07. The van der Waals surface area contributed by atoms with Crippen LogP contribution in [0.15, 0.2) is 65.7 Å². The fourth-order valence-corrected chi connectivity index (χ4v) is 3.81. The van der Waals surface area contributed by atoms with Crippen LogP contribution in [-0.2, 0) is 6.54 Å². The summed E-state index contributed by atoms with van der Waals surface area (Å²) in [6.07, 6.45) is 6.65. The number of hydrogen-bond acceptors (Lipinski definition) is 5. The van der Waals surface area contributed by atoms with Gasteiger partial charge in [-0.25, -0.2) is 4.98 Å². The van der Waals surface area contributed by atoms with Crippen molar-refractivity contribution in [3.05, 3.63) is 76.8 Å². The molecule has 1 atom stereocenters. The molecule has 0 fully saturated rings. The molecule has 0 saturated heterocycles. The second-order valence-electron chi connectivity index (χ2n) is 8.74. The number of hydrogen-bond donors (Lipinski definition) is 2. The molecule has 0 aliphatic rings. The van der Waals surface area contributed by atoms with Gasteiger partial charge in [-0.1, -0.05) is 51.1 Å². The van der Waals surface area contributed by atoms with E-state index in [2.05, 4.69) is 41.3 Å². The summed E-state index contributed by atoms with van der Waals surface area (Å²) in [6, 6.07) is 15.3. The maximum atomic E-state index is 12.7. The molecule has 7 nitrogen and oxygen atoms in total. The molecule has 0 saturated carbocycles. The summed E-state index contributed by atoms with van der Waals surface area (Å²) in [7, 11) is 0. The third kappa shape index (κ3) is 5.61. The Bertz CT molecular complexity index is 1250. The van der Waals surface area contributed by atoms with Crippen molar-refractivity contribution in [2.24, 2.45) is 5.92 Å². The summed E-state index contributed by atoms with van der Waals surface area (Å²) < 4.78 is 7.80. The lowest BCUT2D eigenvalue weighted by Crippen LogP contribution is -2.19. The SMILES string of the molecule is CCC(CCC(C)C)Nc1n[nH]c2nccc(Oc3ccn(Cc4ccccc4)c(=O)c3)c12. The predicted octanol–water partition coefficient (Wildman–Crippen LogP) is 5.59. The number of H-pyrrole nitrogens is 1. The van der Waals surface area contributed by atoms with Crippen LogP contribution in [0.3, 0.4) is 0 Å². The number of fused-ring (bicyclic) bond motifs is 1. The van der Waals surface area contributed by atoms with Gasteiger partial charge in [-0.15, -0.1) is 0 Å². The number of aromatic amines is 1. The quantitative estimate of drug-likeness (QED) is 0.332. The van der Waals surface area contributed by atoms with Crippen molar-refractivity contribution in [1.29, 1.82) is 0 Å². The molecule has 0 amide bonds. The second kappa shape index (κ2) is 10.3. The Labute approximate surface area is 193 Å². The van der Waals surface area contributed by atoms with Gasteiger partial charge < -0.3 is 14.6 Å². The van der Waals surface area contributed by atoms with Crippen LogP contribution in [0, 0.1) is 5.92 Å². The lowest BCUT2D eigenvalue weighted by molar-refractivity contribution is 0.484. The number of nitrogens with one attached hydrogen (secondary N) is 2. The van der Waals surface area contributed by atoms with Gasteiger partial charge in [0.25, 0.3) is 5.56 Å². The standard InChI is InChI=1S/C26H31N5O2/c1-4-20(11-10-18(2)3)28-26-24-22(12-14-27-25(24)29-30-26)33-21-13-15-31(23(32)16-21)17-19-8-6-5-7-9-19/h5-9,12-16,18,20H,4,10-11,17H2,1-3H3,(H2,27,28,29,30). The zero-order valence-electron chi connectivity index (χ0n) is 19.4. The summed E-state index contributed by atoms with van der Waals surface area (Å²) in [4.78, 5) is 17.1. The summed E-state index contributed by atoms with van der Waals surface area (Å²) in [5, 5.41) is 11.8. The third-order valence-electron chi connectivity index (χ3n) is 5.74. The average molecular weight is 446 g/mol. The van der Waals surface area contributed by atoms with Crippen LogP contribution in [0.2, 0.25) is 0 Å². The van der Waals surface area contributed by atoms with E-state index in [-0.39, 0.29) is 5.56 Å². The molecule has 0 radical (unpaired) electrons. The van der Waals surface area contributed by atoms with Gasteiger partial charge in [-0.05, 0) is 36.8 Å². The van der Waals surface area contributed by atoms with Crippen LogP contribution in [0.25, 0.3) is 11.0 Å². The van der Waals surface area contributed by atoms with E-state index in [1.54, 1.807) is 29.1 Å². The molecule has 2 N–H and O–H groups in total. The van der Waals surface area contributed by atoms with Crippen molar-refractivity contribution in [3.8, 4) is 11.5 Å². The normalized spacial score (nSPS) is 12.2. The van der Waals surface area contributed by atoms with Crippen molar-refractivity contribution in [2.75, 3.05) is 5.32 Å². The Hall–Kier alpha value is -3.61. The van der Waals surface area contributed by atoms with E-state index in [4.69, 9.17) is 4.74 Å². The van der Waals surface area contributed by atoms with Gasteiger partial charge in [0.15, 0.2) is 11.5 Å². The van der Waals surface area contributed by atoms with E-state index < -0.39 is 0 Å². The fourth-order valence-electron chi connectivity index (χ4n) is 3.81. The Morgan fingerprint density at radius 2 is 1.94 bits per heavy atom. The monoisotopic (exact) mass is 445 g/mol. The number of aromatic nitrogens is 4. The molecular formula is C26H31N5O2. The van der Waals surface area contributed by atoms with Gasteiger partial charge in [0.05, 0.1) is 6.54 Å². The molecule has 1 unspecified atom stereocenters. The number of ether oxygens (including phenoxy) is 1. The molecule has 1 aromatic carbocycles. The van der Waals surface area contributed by atoms with E-state index in [0.717, 1.165) is 36.0 Å². The summed E-state index contributed by atoms with van der Waals surface area (Å²) in [6.45, 7) is 7.16. The minimum Gasteiger partial charge on any atom is -0.456 e. The maximum Gasteiger partial charge on any atom is 0.254 e. The zero-order chi connectivity index (χ0) is 23.2. The first-order valence-corrected chi connectivity index (χ1v) is 11.6. The molecule has 4 rings (SSSR count). The third-order valence-corrected chi connectivity index (χ3v) is 5.74. The number of benzene rings is 1. The summed E-state index contributed by atoms with van der Waals surface area (Å²) in [5.74, 6) is 2.47. The van der Waals surface area contributed by atoms with Crippen LogP contribution < -0.4 is 15.6 Å². The molecule has 3 aromatic heterocycles. The molecule has 0 bridgehead atoms. The van der Waals surface area contributed by atoms with Crippen molar-refractivity contribution in [2.45, 2.75) is 52.6 Å². The minimum atomic E-state index is -0.119. The molecule has 3 heterocycles. The molecule has 0 aliphatic carbocycles. The highest BCUT2D eigenvalue weighted by atomic mass is 16.5. The van der Waals surface area contributed by atoms with Crippen LogP contribution in [0.4, 0.5) is 5.82 Å². The average Bonchev–Trinajstić information content (AvgIpc) is 3.23. The number of anilines is 1. The smallest absolute Gasteiger partial charge is 0.254 e. The molecule has 172 valence electrons. The Balaban J connectivity index is 1.55. The molecule has 33 heavy (non-hydrogen) atoms.